The standard InChI is InChI=1S/C19H29BrO3/c1-2-14-23-19(21)18-11-9-17(10-12-18)8-7-16-22-15-6-4-3-5-13-20/h9-12H,2-8,13-16H2,1H3. The van der Waals surface area contributed by atoms with Gasteiger partial charge >= 0.3 is 5.97 Å². The van der Waals surface area contributed by atoms with E-state index in [0.29, 0.717) is 12.2 Å². The summed E-state index contributed by atoms with van der Waals surface area (Å²) in [6.07, 6.45) is 7.78. The summed E-state index contributed by atoms with van der Waals surface area (Å²) in [5, 5.41) is 1.10. The minimum Gasteiger partial charge on any atom is -0.462 e. The first kappa shape index (κ1) is 20.2. The third-order valence-corrected chi connectivity index (χ3v) is 4.11. The van der Waals surface area contributed by atoms with Crippen molar-refractivity contribution in [3.8, 4) is 0 Å². The van der Waals surface area contributed by atoms with E-state index in [0.717, 1.165) is 44.2 Å². The molecule has 0 N–H and O–H groups in total. The molecule has 130 valence electrons. The van der Waals surface area contributed by atoms with Gasteiger partial charge in [0.1, 0.15) is 0 Å². The molecular formula is C19H29BrO3. The molecule has 1 aromatic carbocycles. The van der Waals surface area contributed by atoms with E-state index in [9.17, 15) is 4.79 Å². The first-order valence-corrected chi connectivity index (χ1v) is 9.80. The molecule has 0 aliphatic heterocycles. The van der Waals surface area contributed by atoms with Crippen LogP contribution in [0.5, 0.6) is 0 Å². The summed E-state index contributed by atoms with van der Waals surface area (Å²) < 4.78 is 10.8. The second-order valence-electron chi connectivity index (χ2n) is 5.65. The van der Waals surface area contributed by atoms with Crippen molar-refractivity contribution in [1.29, 1.82) is 0 Å². The maximum absolute atomic E-state index is 11.7. The Hall–Kier alpha value is -0.870. The minimum atomic E-state index is -0.235. The van der Waals surface area contributed by atoms with Crippen LogP contribution in [0.3, 0.4) is 0 Å². The van der Waals surface area contributed by atoms with Crippen molar-refractivity contribution < 1.29 is 14.3 Å². The number of unbranched alkanes of at least 4 members (excludes halogenated alkanes) is 3. The van der Waals surface area contributed by atoms with Gasteiger partial charge in [0, 0.05) is 18.5 Å². The number of hydrogen-bond acceptors (Lipinski definition) is 3. The number of alkyl halides is 1. The molecule has 0 heterocycles. The van der Waals surface area contributed by atoms with Crippen LogP contribution in [0.4, 0.5) is 0 Å². The van der Waals surface area contributed by atoms with E-state index in [1.807, 2.05) is 31.2 Å². The Balaban J connectivity index is 2.10. The van der Waals surface area contributed by atoms with E-state index in [4.69, 9.17) is 9.47 Å². The van der Waals surface area contributed by atoms with Crippen molar-refractivity contribution in [2.24, 2.45) is 0 Å². The predicted molar refractivity (Wildman–Crippen MR) is 98.4 cm³/mol. The van der Waals surface area contributed by atoms with E-state index in [2.05, 4.69) is 15.9 Å². The number of benzene rings is 1. The third-order valence-electron chi connectivity index (χ3n) is 3.55. The highest BCUT2D eigenvalue weighted by Crippen LogP contribution is 2.09. The lowest BCUT2D eigenvalue weighted by molar-refractivity contribution is 0.0505. The molecule has 1 aromatic rings. The number of halogens is 1. The van der Waals surface area contributed by atoms with E-state index < -0.39 is 0 Å². The van der Waals surface area contributed by atoms with Gasteiger partial charge in [-0.2, -0.15) is 0 Å². The molecule has 0 aliphatic carbocycles. The fraction of sp³-hybridized carbons (Fsp3) is 0.632. The molecule has 0 fully saturated rings. The van der Waals surface area contributed by atoms with Crippen molar-refractivity contribution in [3.05, 3.63) is 35.4 Å². The van der Waals surface area contributed by atoms with Gasteiger partial charge in [0.05, 0.1) is 12.2 Å². The second-order valence-corrected chi connectivity index (χ2v) is 6.44. The molecule has 1 rings (SSSR count). The van der Waals surface area contributed by atoms with Crippen LogP contribution in [-0.2, 0) is 15.9 Å². The molecule has 0 saturated heterocycles. The van der Waals surface area contributed by atoms with Gasteiger partial charge in [-0.25, -0.2) is 4.79 Å². The van der Waals surface area contributed by atoms with Crippen molar-refractivity contribution in [2.75, 3.05) is 25.2 Å². The molecule has 0 amide bonds. The van der Waals surface area contributed by atoms with Crippen molar-refractivity contribution in [3.63, 3.8) is 0 Å². The molecule has 23 heavy (non-hydrogen) atoms. The zero-order valence-electron chi connectivity index (χ0n) is 14.2. The summed E-state index contributed by atoms with van der Waals surface area (Å²) >= 11 is 3.44. The van der Waals surface area contributed by atoms with Crippen molar-refractivity contribution in [2.45, 2.75) is 51.9 Å². The van der Waals surface area contributed by atoms with Gasteiger partial charge in [0.15, 0.2) is 0 Å². The van der Waals surface area contributed by atoms with Crippen LogP contribution >= 0.6 is 15.9 Å². The zero-order chi connectivity index (χ0) is 16.8. The molecule has 0 aliphatic rings. The van der Waals surface area contributed by atoms with Gasteiger partial charge in [0.2, 0.25) is 0 Å². The average molecular weight is 385 g/mol. The number of carbonyl (C=O) groups is 1. The van der Waals surface area contributed by atoms with E-state index >= 15 is 0 Å². The summed E-state index contributed by atoms with van der Waals surface area (Å²) in [6, 6.07) is 7.70. The fourth-order valence-corrected chi connectivity index (χ4v) is 2.61. The smallest absolute Gasteiger partial charge is 0.338 e. The fourth-order valence-electron chi connectivity index (χ4n) is 2.22. The molecule has 0 aromatic heterocycles. The van der Waals surface area contributed by atoms with Crippen LogP contribution in [0.1, 0.15) is 61.4 Å². The third kappa shape index (κ3) is 9.77. The maximum atomic E-state index is 11.7. The number of aryl methyl sites for hydroxylation is 1. The summed E-state index contributed by atoms with van der Waals surface area (Å²) in [5.41, 5.74) is 1.86. The van der Waals surface area contributed by atoms with Gasteiger partial charge in [-0.05, 0) is 49.8 Å². The highest BCUT2D eigenvalue weighted by Gasteiger charge is 2.05. The number of esters is 1. The Kier molecular flexibility index (Phi) is 11.9. The van der Waals surface area contributed by atoms with Crippen LogP contribution in [-0.4, -0.2) is 31.1 Å². The summed E-state index contributed by atoms with van der Waals surface area (Å²) in [5.74, 6) is -0.235. The molecule has 0 spiro atoms. The lowest BCUT2D eigenvalue weighted by Crippen LogP contribution is -2.06. The Morgan fingerprint density at radius 2 is 1.65 bits per heavy atom. The molecule has 0 saturated carbocycles. The van der Waals surface area contributed by atoms with Crippen LogP contribution in [0.2, 0.25) is 0 Å². The Morgan fingerprint density at radius 3 is 2.35 bits per heavy atom. The molecule has 0 radical (unpaired) electrons. The lowest BCUT2D eigenvalue weighted by atomic mass is 10.1. The Labute approximate surface area is 148 Å². The summed E-state index contributed by atoms with van der Waals surface area (Å²) in [7, 11) is 0. The van der Waals surface area contributed by atoms with Crippen molar-refractivity contribution in [1.82, 2.24) is 0 Å². The van der Waals surface area contributed by atoms with Crippen molar-refractivity contribution >= 4 is 21.9 Å². The number of carbonyl (C=O) groups excluding carboxylic acids is 1. The Morgan fingerprint density at radius 1 is 0.957 bits per heavy atom. The second kappa shape index (κ2) is 13.6. The normalized spacial score (nSPS) is 10.7. The van der Waals surface area contributed by atoms with Gasteiger partial charge in [-0.1, -0.05) is 47.8 Å². The molecule has 0 atom stereocenters. The van der Waals surface area contributed by atoms with Gasteiger partial charge < -0.3 is 9.47 Å². The Bertz CT molecular complexity index is 417. The highest BCUT2D eigenvalue weighted by molar-refractivity contribution is 9.09. The van der Waals surface area contributed by atoms with Gasteiger partial charge in [-0.3, -0.25) is 0 Å². The average Bonchev–Trinajstić information content (AvgIpc) is 2.58. The molecule has 0 unspecified atom stereocenters. The summed E-state index contributed by atoms with van der Waals surface area (Å²) in [4.78, 5) is 11.7. The maximum Gasteiger partial charge on any atom is 0.338 e. The van der Waals surface area contributed by atoms with Crippen LogP contribution in [0.25, 0.3) is 0 Å². The first-order valence-electron chi connectivity index (χ1n) is 8.67. The molecular weight excluding hydrogens is 356 g/mol. The molecule has 3 nitrogen and oxygen atoms in total. The van der Waals surface area contributed by atoms with Crippen LogP contribution in [0, 0.1) is 0 Å². The van der Waals surface area contributed by atoms with Gasteiger partial charge in [0.25, 0.3) is 0 Å². The lowest BCUT2D eigenvalue weighted by Gasteiger charge is -2.06. The topological polar surface area (TPSA) is 35.5 Å². The number of ether oxygens (including phenoxy) is 2. The number of hydrogen-bond donors (Lipinski definition) is 0. The van der Waals surface area contributed by atoms with Gasteiger partial charge in [-0.15, -0.1) is 0 Å². The van der Waals surface area contributed by atoms with Crippen LogP contribution in [0.15, 0.2) is 24.3 Å². The highest BCUT2D eigenvalue weighted by atomic mass is 79.9. The first-order chi connectivity index (χ1) is 11.3. The SMILES string of the molecule is CCCOC(=O)c1ccc(CCCOCCCCCCBr)cc1. The van der Waals surface area contributed by atoms with E-state index in [1.54, 1.807) is 0 Å². The largest absolute Gasteiger partial charge is 0.462 e. The van der Waals surface area contributed by atoms with E-state index in [-0.39, 0.29) is 5.97 Å². The number of rotatable bonds is 13. The quantitative estimate of drug-likeness (QED) is 0.267. The molecule has 0 bridgehead atoms. The monoisotopic (exact) mass is 384 g/mol. The predicted octanol–water partition coefficient (Wildman–Crippen LogP) is 5.16. The summed E-state index contributed by atoms with van der Waals surface area (Å²) in [6.45, 7) is 4.14. The molecule has 4 heteroatoms. The van der Waals surface area contributed by atoms with Crippen LogP contribution < -0.4 is 0 Å². The van der Waals surface area contributed by atoms with E-state index in [1.165, 1.54) is 24.8 Å². The minimum absolute atomic E-state index is 0.235. The zero-order valence-corrected chi connectivity index (χ0v) is 15.8.